The van der Waals surface area contributed by atoms with Crippen LogP contribution < -0.4 is 5.32 Å². The quantitative estimate of drug-likeness (QED) is 0.202. The summed E-state index contributed by atoms with van der Waals surface area (Å²) in [5, 5.41) is 59.0. The van der Waals surface area contributed by atoms with Gasteiger partial charge in [0.25, 0.3) is 0 Å². The number of hydrogen-bond acceptors (Lipinski definition) is 10. The summed E-state index contributed by atoms with van der Waals surface area (Å²) >= 11 is 0. The van der Waals surface area contributed by atoms with E-state index in [0.717, 1.165) is 13.0 Å². The van der Waals surface area contributed by atoms with Crippen LogP contribution >= 0.6 is 0 Å². The number of carbonyl (C=O) groups is 3. The predicted octanol–water partition coefficient (Wildman–Crippen LogP) is -4.16. The van der Waals surface area contributed by atoms with E-state index in [1.54, 1.807) is 0 Å². The molecule has 0 aromatic heterocycles. The predicted molar refractivity (Wildman–Crippen MR) is 80.3 cm³/mol. The minimum absolute atomic E-state index is 0.732. The van der Waals surface area contributed by atoms with Crippen LogP contribution in [0.5, 0.6) is 0 Å². The molecule has 1 unspecified atom stereocenters. The van der Waals surface area contributed by atoms with Gasteiger partial charge in [-0.05, 0) is 13.0 Å². The van der Waals surface area contributed by atoms with Crippen LogP contribution in [0.15, 0.2) is 11.8 Å². The van der Waals surface area contributed by atoms with Gasteiger partial charge in [-0.25, -0.2) is 9.59 Å². The highest BCUT2D eigenvalue weighted by Gasteiger charge is 2.43. The van der Waals surface area contributed by atoms with Gasteiger partial charge in [0.15, 0.2) is 6.10 Å². The first-order valence-electron chi connectivity index (χ1n) is 7.49. The second-order valence-corrected chi connectivity index (χ2v) is 5.52. The van der Waals surface area contributed by atoms with Crippen LogP contribution in [-0.4, -0.2) is 98.3 Å². The smallest absolute Gasteiger partial charge is 0.370 e. The molecule has 0 bridgehead atoms. The van der Waals surface area contributed by atoms with Crippen molar-refractivity contribution < 1.29 is 54.5 Å². The number of rotatable bonds is 8. The van der Waals surface area contributed by atoms with Gasteiger partial charge in [-0.15, -0.1) is 0 Å². The van der Waals surface area contributed by atoms with E-state index in [1.807, 2.05) is 0 Å². The van der Waals surface area contributed by atoms with Crippen molar-refractivity contribution in [2.45, 2.75) is 43.5 Å². The maximum Gasteiger partial charge on any atom is 0.370 e. The largest absolute Gasteiger partial charge is 0.478 e. The Labute approximate surface area is 147 Å². The van der Waals surface area contributed by atoms with E-state index < -0.39 is 73.4 Å². The number of carbonyl (C=O) groups excluding carboxylic acids is 2. The first kappa shape index (κ1) is 21.8. The second-order valence-electron chi connectivity index (χ2n) is 5.52. The molecule has 7 N–H and O–H groups in total. The van der Waals surface area contributed by atoms with Crippen LogP contribution in [-0.2, 0) is 23.9 Å². The van der Waals surface area contributed by atoms with Crippen LogP contribution in [0.25, 0.3) is 0 Å². The zero-order valence-electron chi connectivity index (χ0n) is 13.7. The van der Waals surface area contributed by atoms with Crippen LogP contribution in [0.3, 0.4) is 0 Å². The van der Waals surface area contributed by atoms with E-state index in [2.05, 4.69) is 10.1 Å². The van der Waals surface area contributed by atoms with E-state index >= 15 is 0 Å². The van der Waals surface area contributed by atoms with Gasteiger partial charge in [0, 0.05) is 0 Å². The van der Waals surface area contributed by atoms with Gasteiger partial charge < -0.3 is 45.4 Å². The van der Waals surface area contributed by atoms with E-state index in [9.17, 15) is 29.7 Å². The standard InChI is InChI=1S/C14H21NO11/c1-5(17)14(24)25-4-7(19)11(21)12-10(15-9(20)3-16)6(18)2-8(26-12)13(22)23/h2,5-7,10-12,16-19,21H,3-4H2,1H3,(H,15,20)(H,22,23)/t5?,6-,7+,10+,11+,12+/m0/s1. The molecule has 148 valence electrons. The van der Waals surface area contributed by atoms with Gasteiger partial charge in [-0.3, -0.25) is 4.79 Å². The van der Waals surface area contributed by atoms with Crippen molar-refractivity contribution in [1.29, 1.82) is 0 Å². The Hall–Kier alpha value is -2.25. The molecule has 0 aromatic rings. The van der Waals surface area contributed by atoms with Crippen LogP contribution in [0.1, 0.15) is 6.92 Å². The molecule has 1 rings (SSSR count). The molecule has 0 aliphatic carbocycles. The minimum atomic E-state index is -1.90. The Balaban J connectivity index is 2.93. The van der Waals surface area contributed by atoms with E-state index in [-0.39, 0.29) is 0 Å². The van der Waals surface area contributed by atoms with E-state index in [1.165, 1.54) is 0 Å². The fourth-order valence-corrected chi connectivity index (χ4v) is 2.12. The van der Waals surface area contributed by atoms with Crippen molar-refractivity contribution in [3.8, 4) is 0 Å². The highest BCUT2D eigenvalue weighted by molar-refractivity contribution is 5.84. The lowest BCUT2D eigenvalue weighted by Gasteiger charge is -2.38. The van der Waals surface area contributed by atoms with Gasteiger partial charge in [-0.2, -0.15) is 0 Å². The second kappa shape index (κ2) is 9.45. The number of aliphatic hydroxyl groups excluding tert-OH is 5. The van der Waals surface area contributed by atoms with Gasteiger partial charge in [0.2, 0.25) is 11.7 Å². The van der Waals surface area contributed by atoms with E-state index in [4.69, 9.17) is 20.1 Å². The number of carboxylic acid groups (broad SMARTS) is 1. The molecule has 12 nitrogen and oxygen atoms in total. The molecular formula is C14H21NO11. The number of nitrogens with one attached hydrogen (secondary N) is 1. The van der Waals surface area contributed by atoms with Crippen LogP contribution in [0.4, 0.5) is 0 Å². The first-order chi connectivity index (χ1) is 12.1. The topological polar surface area (TPSA) is 203 Å². The molecule has 1 aliphatic heterocycles. The lowest BCUT2D eigenvalue weighted by atomic mass is 9.93. The molecule has 1 heterocycles. The summed E-state index contributed by atoms with van der Waals surface area (Å²) < 4.78 is 9.56. The van der Waals surface area contributed by atoms with Gasteiger partial charge in [0.05, 0.1) is 6.04 Å². The molecule has 1 aliphatic rings. The summed E-state index contributed by atoms with van der Waals surface area (Å²) in [6, 6.07) is -1.41. The molecule has 0 spiro atoms. The average molecular weight is 379 g/mol. The Morgan fingerprint density at radius 1 is 1.31 bits per heavy atom. The zero-order valence-corrected chi connectivity index (χ0v) is 13.7. The summed E-state index contributed by atoms with van der Waals surface area (Å²) in [6.45, 7) is -0.597. The zero-order chi connectivity index (χ0) is 20.0. The Bertz CT molecular complexity index is 561. The first-order valence-corrected chi connectivity index (χ1v) is 7.49. The fourth-order valence-electron chi connectivity index (χ4n) is 2.12. The van der Waals surface area contributed by atoms with Crippen molar-refractivity contribution in [2.24, 2.45) is 0 Å². The Morgan fingerprint density at radius 2 is 1.92 bits per heavy atom. The summed E-state index contributed by atoms with van der Waals surface area (Å²) in [7, 11) is 0. The van der Waals surface area contributed by atoms with Gasteiger partial charge >= 0.3 is 11.9 Å². The summed E-state index contributed by atoms with van der Waals surface area (Å²) in [5.74, 6) is -4.32. The van der Waals surface area contributed by atoms with Gasteiger partial charge in [-0.1, -0.05) is 0 Å². The molecule has 0 saturated heterocycles. The molecule has 0 radical (unpaired) electrons. The average Bonchev–Trinajstić information content (AvgIpc) is 2.59. The molecule has 26 heavy (non-hydrogen) atoms. The van der Waals surface area contributed by atoms with Crippen molar-refractivity contribution in [3.63, 3.8) is 0 Å². The summed E-state index contributed by atoms with van der Waals surface area (Å²) in [4.78, 5) is 33.6. The highest BCUT2D eigenvalue weighted by atomic mass is 16.6. The molecule has 12 heteroatoms. The molecule has 0 saturated carbocycles. The maximum absolute atomic E-state index is 11.4. The van der Waals surface area contributed by atoms with Crippen molar-refractivity contribution in [2.75, 3.05) is 13.2 Å². The molecule has 0 fully saturated rings. The minimum Gasteiger partial charge on any atom is -0.478 e. The number of hydrogen-bond donors (Lipinski definition) is 7. The monoisotopic (exact) mass is 379 g/mol. The number of aliphatic carboxylic acids is 1. The fraction of sp³-hybridized carbons (Fsp3) is 0.643. The third-order valence-electron chi connectivity index (χ3n) is 3.46. The van der Waals surface area contributed by atoms with Crippen LogP contribution in [0.2, 0.25) is 0 Å². The summed E-state index contributed by atoms with van der Waals surface area (Å²) in [6.07, 6.45) is -7.65. The number of ether oxygens (including phenoxy) is 2. The van der Waals surface area contributed by atoms with Crippen molar-refractivity contribution in [3.05, 3.63) is 11.8 Å². The number of carboxylic acids is 1. The molecular weight excluding hydrogens is 358 g/mol. The van der Waals surface area contributed by atoms with Crippen LogP contribution in [0, 0.1) is 0 Å². The molecule has 0 aromatic carbocycles. The van der Waals surface area contributed by atoms with Gasteiger partial charge in [0.1, 0.15) is 37.6 Å². The Morgan fingerprint density at radius 3 is 2.42 bits per heavy atom. The highest BCUT2D eigenvalue weighted by Crippen LogP contribution is 2.23. The van der Waals surface area contributed by atoms with E-state index in [0.29, 0.717) is 0 Å². The number of amides is 1. The SMILES string of the molecule is CC(O)C(=O)OC[C@@H](O)[C@@H](O)[C@@H]1OC(C(=O)O)=C[C@H](O)[C@H]1NC(=O)CO. The lowest BCUT2D eigenvalue weighted by Crippen LogP contribution is -2.60. The number of esters is 1. The molecule has 6 atom stereocenters. The van der Waals surface area contributed by atoms with Crippen molar-refractivity contribution >= 4 is 17.8 Å². The van der Waals surface area contributed by atoms with Crippen molar-refractivity contribution in [1.82, 2.24) is 5.32 Å². The third-order valence-corrected chi connectivity index (χ3v) is 3.46. The number of aliphatic hydroxyl groups is 5. The maximum atomic E-state index is 11.4. The molecule has 1 amide bonds. The normalized spacial score (nSPS) is 25.9. The summed E-state index contributed by atoms with van der Waals surface area (Å²) in [5.41, 5.74) is 0. The lowest BCUT2D eigenvalue weighted by molar-refractivity contribution is -0.164. The Kier molecular flexibility index (Phi) is 7.92. The third kappa shape index (κ3) is 5.64.